The highest BCUT2D eigenvalue weighted by atomic mass is 35.5. The van der Waals surface area contributed by atoms with Crippen LogP contribution >= 0.6 is 11.6 Å². The first-order chi connectivity index (χ1) is 9.50. The van der Waals surface area contributed by atoms with E-state index in [2.05, 4.69) is 23.8 Å². The molecule has 1 rings (SSSR count). The first-order valence-corrected chi connectivity index (χ1v) is 7.59. The number of carbonyl (C=O) groups excluding carboxylic acids is 1. The predicted octanol–water partition coefficient (Wildman–Crippen LogP) is 4.43. The second-order valence-corrected chi connectivity index (χ2v) is 5.66. The number of hydrogen-bond acceptors (Lipinski definition) is 4. The van der Waals surface area contributed by atoms with Gasteiger partial charge in [-0.05, 0) is 26.2 Å². The molecule has 112 valence electrons. The molecule has 0 spiro atoms. The lowest BCUT2D eigenvalue weighted by molar-refractivity contribution is -0.0196. The SMILES string of the molecule is CCCCCC(C)(CCC)OC(=O)c1cnc(Cl)cn1. The van der Waals surface area contributed by atoms with Crippen molar-refractivity contribution >= 4 is 17.6 Å². The standard InChI is InChI=1S/C15H23ClN2O2/c1-4-6-7-9-15(3,8-5-2)20-14(19)12-10-18-13(16)11-17-12/h10-11H,4-9H2,1-3H3. The van der Waals surface area contributed by atoms with Crippen LogP contribution in [0, 0.1) is 0 Å². The lowest BCUT2D eigenvalue weighted by Crippen LogP contribution is -2.32. The summed E-state index contributed by atoms with van der Waals surface area (Å²) in [5.74, 6) is -0.429. The molecule has 1 aromatic heterocycles. The highest BCUT2D eigenvalue weighted by Gasteiger charge is 2.28. The zero-order valence-electron chi connectivity index (χ0n) is 12.5. The van der Waals surface area contributed by atoms with Crippen LogP contribution in [0.3, 0.4) is 0 Å². The fourth-order valence-corrected chi connectivity index (χ4v) is 2.30. The molecule has 0 radical (unpaired) electrons. The summed E-state index contributed by atoms with van der Waals surface area (Å²) in [7, 11) is 0. The van der Waals surface area contributed by atoms with Crippen molar-refractivity contribution in [2.24, 2.45) is 0 Å². The van der Waals surface area contributed by atoms with Crippen molar-refractivity contribution in [3.8, 4) is 0 Å². The second-order valence-electron chi connectivity index (χ2n) is 5.27. The molecule has 0 aromatic carbocycles. The van der Waals surface area contributed by atoms with Crippen LogP contribution < -0.4 is 0 Å². The van der Waals surface area contributed by atoms with Crippen LogP contribution in [0.1, 0.15) is 69.8 Å². The van der Waals surface area contributed by atoms with E-state index in [1.165, 1.54) is 12.4 Å². The Morgan fingerprint density at radius 3 is 2.50 bits per heavy atom. The summed E-state index contributed by atoms with van der Waals surface area (Å²) in [6, 6.07) is 0. The topological polar surface area (TPSA) is 52.1 Å². The number of hydrogen-bond donors (Lipinski definition) is 0. The van der Waals surface area contributed by atoms with Crippen LogP contribution in [-0.2, 0) is 4.74 Å². The summed E-state index contributed by atoms with van der Waals surface area (Å²) < 4.78 is 5.67. The quantitative estimate of drug-likeness (QED) is 0.526. The molecule has 0 amide bonds. The third-order valence-corrected chi connectivity index (χ3v) is 3.45. The fraction of sp³-hybridized carbons (Fsp3) is 0.667. The Bertz CT molecular complexity index is 422. The summed E-state index contributed by atoms with van der Waals surface area (Å²) >= 11 is 5.66. The zero-order valence-corrected chi connectivity index (χ0v) is 13.2. The van der Waals surface area contributed by atoms with Crippen molar-refractivity contribution in [2.75, 3.05) is 0 Å². The minimum atomic E-state index is -0.429. The molecule has 0 aliphatic rings. The highest BCUT2D eigenvalue weighted by molar-refractivity contribution is 6.29. The number of nitrogens with zero attached hydrogens (tertiary/aromatic N) is 2. The first kappa shape index (κ1) is 16.9. The van der Waals surface area contributed by atoms with Crippen LogP contribution in [0.2, 0.25) is 5.15 Å². The molecule has 0 aliphatic carbocycles. The van der Waals surface area contributed by atoms with Gasteiger partial charge in [0.05, 0.1) is 12.4 Å². The number of unbranched alkanes of at least 4 members (excludes halogenated alkanes) is 2. The molecule has 0 aliphatic heterocycles. The van der Waals surface area contributed by atoms with Crippen LogP contribution in [0.15, 0.2) is 12.4 Å². The van der Waals surface area contributed by atoms with Gasteiger partial charge in [-0.15, -0.1) is 0 Å². The Morgan fingerprint density at radius 1 is 1.20 bits per heavy atom. The molecule has 20 heavy (non-hydrogen) atoms. The normalized spacial score (nSPS) is 13.8. The predicted molar refractivity (Wildman–Crippen MR) is 79.9 cm³/mol. The molecule has 1 atom stereocenters. The molecule has 0 N–H and O–H groups in total. The molecule has 0 saturated carbocycles. The lowest BCUT2D eigenvalue weighted by Gasteiger charge is -2.29. The van der Waals surface area contributed by atoms with E-state index >= 15 is 0 Å². The summed E-state index contributed by atoms with van der Waals surface area (Å²) in [5, 5.41) is 0.265. The molecule has 5 heteroatoms. The highest BCUT2D eigenvalue weighted by Crippen LogP contribution is 2.26. The summed E-state index contributed by atoms with van der Waals surface area (Å²) in [5.41, 5.74) is -0.227. The Labute approximate surface area is 125 Å². The van der Waals surface area contributed by atoms with Crippen molar-refractivity contribution in [1.29, 1.82) is 0 Å². The van der Waals surface area contributed by atoms with Crippen LogP contribution in [0.4, 0.5) is 0 Å². The van der Waals surface area contributed by atoms with Gasteiger partial charge in [0.15, 0.2) is 5.69 Å². The summed E-state index contributed by atoms with van der Waals surface area (Å²) in [4.78, 5) is 19.9. The third kappa shape index (κ3) is 5.45. The maximum Gasteiger partial charge on any atom is 0.359 e. The largest absolute Gasteiger partial charge is 0.455 e. The number of carbonyl (C=O) groups is 1. The van der Waals surface area contributed by atoms with Gasteiger partial charge < -0.3 is 4.74 Å². The van der Waals surface area contributed by atoms with Gasteiger partial charge in [-0.2, -0.15) is 0 Å². The van der Waals surface area contributed by atoms with Crippen LogP contribution in [0.25, 0.3) is 0 Å². The lowest BCUT2D eigenvalue weighted by atomic mass is 9.93. The van der Waals surface area contributed by atoms with Crippen molar-refractivity contribution < 1.29 is 9.53 Å². The molecule has 0 fully saturated rings. The smallest absolute Gasteiger partial charge is 0.359 e. The minimum Gasteiger partial charge on any atom is -0.455 e. The maximum atomic E-state index is 12.1. The Kier molecular flexibility index (Phi) is 6.93. The molecular weight excluding hydrogens is 276 g/mol. The molecule has 0 saturated heterocycles. The van der Waals surface area contributed by atoms with Gasteiger partial charge in [-0.1, -0.05) is 44.7 Å². The average Bonchev–Trinajstić information content (AvgIpc) is 2.39. The molecule has 4 nitrogen and oxygen atoms in total. The van der Waals surface area contributed by atoms with Gasteiger partial charge in [0.25, 0.3) is 0 Å². The molecular formula is C15H23ClN2O2. The van der Waals surface area contributed by atoms with Crippen molar-refractivity contribution in [3.63, 3.8) is 0 Å². The van der Waals surface area contributed by atoms with E-state index in [1.807, 2.05) is 6.92 Å². The average molecular weight is 299 g/mol. The molecule has 0 bridgehead atoms. The van der Waals surface area contributed by atoms with E-state index < -0.39 is 11.6 Å². The summed E-state index contributed by atoms with van der Waals surface area (Å²) in [6.45, 7) is 6.24. The van der Waals surface area contributed by atoms with E-state index in [4.69, 9.17) is 16.3 Å². The van der Waals surface area contributed by atoms with Crippen molar-refractivity contribution in [2.45, 2.75) is 64.9 Å². The van der Waals surface area contributed by atoms with E-state index in [-0.39, 0.29) is 10.8 Å². The number of aromatic nitrogens is 2. The number of ether oxygens (including phenoxy) is 1. The van der Waals surface area contributed by atoms with Gasteiger partial charge in [0.2, 0.25) is 0 Å². The monoisotopic (exact) mass is 298 g/mol. The summed E-state index contributed by atoms with van der Waals surface area (Å²) in [6.07, 6.45) is 8.77. The molecule has 1 heterocycles. The fourth-order valence-electron chi connectivity index (χ4n) is 2.20. The Morgan fingerprint density at radius 2 is 1.95 bits per heavy atom. The van der Waals surface area contributed by atoms with Gasteiger partial charge in [0, 0.05) is 0 Å². The van der Waals surface area contributed by atoms with Crippen molar-refractivity contribution in [1.82, 2.24) is 9.97 Å². The van der Waals surface area contributed by atoms with E-state index in [9.17, 15) is 4.79 Å². The molecule has 1 unspecified atom stereocenters. The van der Waals surface area contributed by atoms with Gasteiger partial charge >= 0.3 is 5.97 Å². The van der Waals surface area contributed by atoms with Gasteiger partial charge in [-0.25, -0.2) is 14.8 Å². The number of rotatable bonds is 8. The zero-order chi connectivity index (χ0) is 15.0. The first-order valence-electron chi connectivity index (χ1n) is 7.21. The second kappa shape index (κ2) is 8.20. The van der Waals surface area contributed by atoms with E-state index in [0.29, 0.717) is 0 Å². The Balaban J connectivity index is 2.68. The van der Waals surface area contributed by atoms with Crippen LogP contribution in [-0.4, -0.2) is 21.5 Å². The maximum absolute atomic E-state index is 12.1. The van der Waals surface area contributed by atoms with Crippen LogP contribution in [0.5, 0.6) is 0 Å². The van der Waals surface area contributed by atoms with E-state index in [1.54, 1.807) is 0 Å². The van der Waals surface area contributed by atoms with Gasteiger partial charge in [-0.3, -0.25) is 0 Å². The van der Waals surface area contributed by atoms with Gasteiger partial charge in [0.1, 0.15) is 10.8 Å². The molecule has 1 aromatic rings. The Hall–Kier alpha value is -1.16. The van der Waals surface area contributed by atoms with E-state index in [0.717, 1.165) is 38.5 Å². The number of esters is 1. The number of halogens is 1. The minimum absolute atomic E-state index is 0.201. The third-order valence-electron chi connectivity index (χ3n) is 3.26. The van der Waals surface area contributed by atoms with Crippen molar-refractivity contribution in [3.05, 3.63) is 23.2 Å².